The zero-order valence-corrected chi connectivity index (χ0v) is 12.4. The number of hydrogen-bond acceptors (Lipinski definition) is 5. The minimum Gasteiger partial charge on any atom is -0.468 e. The van der Waals surface area contributed by atoms with Crippen molar-refractivity contribution >= 4 is 35.0 Å². The molecule has 1 unspecified atom stereocenters. The molecule has 0 radical (unpaired) electrons. The lowest BCUT2D eigenvalue weighted by Gasteiger charge is -2.09. The highest BCUT2D eigenvalue weighted by atomic mass is 35.5. The molecule has 3 N–H and O–H groups in total. The van der Waals surface area contributed by atoms with E-state index in [0.717, 1.165) is 16.5 Å². The Morgan fingerprint density at radius 2 is 2.19 bits per heavy atom. The molecule has 2 aromatic rings. The van der Waals surface area contributed by atoms with Crippen molar-refractivity contribution in [2.45, 2.75) is 19.4 Å². The van der Waals surface area contributed by atoms with Gasteiger partial charge in [-0.3, -0.25) is 14.9 Å². The number of nitrogens with two attached hydrogens (primary N) is 1. The summed E-state index contributed by atoms with van der Waals surface area (Å²) in [5.41, 5.74) is 7.88. The summed E-state index contributed by atoms with van der Waals surface area (Å²) in [5.74, 6) is -0.512. The Hall–Kier alpha value is -2.12. The number of aryl methyl sites for hydroxylation is 1. The van der Waals surface area contributed by atoms with Gasteiger partial charge in [-0.25, -0.2) is 0 Å². The molecule has 0 amide bonds. The van der Waals surface area contributed by atoms with Crippen molar-refractivity contribution in [1.82, 2.24) is 4.98 Å². The molecule has 0 aliphatic heterocycles. The van der Waals surface area contributed by atoms with E-state index >= 15 is 0 Å². The van der Waals surface area contributed by atoms with Crippen LogP contribution >= 0.6 is 12.4 Å². The van der Waals surface area contributed by atoms with Gasteiger partial charge in [0.25, 0.3) is 5.69 Å². The Labute approximate surface area is 127 Å². The van der Waals surface area contributed by atoms with Gasteiger partial charge < -0.3 is 15.5 Å². The molecule has 8 heteroatoms. The maximum Gasteiger partial charge on any atom is 0.322 e. The first-order chi connectivity index (χ1) is 9.45. The zero-order chi connectivity index (χ0) is 14.9. The number of aromatic nitrogens is 1. The van der Waals surface area contributed by atoms with Gasteiger partial charge >= 0.3 is 5.97 Å². The summed E-state index contributed by atoms with van der Waals surface area (Å²) in [4.78, 5) is 24.9. The summed E-state index contributed by atoms with van der Waals surface area (Å²) in [6.07, 6.45) is 1.97. The number of rotatable bonds is 4. The highest BCUT2D eigenvalue weighted by Crippen LogP contribution is 2.29. The molecule has 0 aliphatic rings. The van der Waals surface area contributed by atoms with E-state index < -0.39 is 16.9 Å². The molecule has 114 valence electrons. The first-order valence-electron chi connectivity index (χ1n) is 6.03. The van der Waals surface area contributed by atoms with Gasteiger partial charge in [0, 0.05) is 35.2 Å². The maximum atomic E-state index is 11.4. The van der Waals surface area contributed by atoms with Gasteiger partial charge in [-0.1, -0.05) is 0 Å². The summed E-state index contributed by atoms with van der Waals surface area (Å²) in [7, 11) is 1.27. The molecule has 0 saturated heterocycles. The van der Waals surface area contributed by atoms with E-state index in [0.29, 0.717) is 5.56 Å². The first kappa shape index (κ1) is 16.9. The lowest BCUT2D eigenvalue weighted by atomic mass is 10.0. The quantitative estimate of drug-likeness (QED) is 0.508. The average molecular weight is 314 g/mol. The lowest BCUT2D eigenvalue weighted by molar-refractivity contribution is -0.385. The van der Waals surface area contributed by atoms with Gasteiger partial charge in [-0.2, -0.15) is 0 Å². The van der Waals surface area contributed by atoms with E-state index in [1.54, 1.807) is 19.2 Å². The maximum absolute atomic E-state index is 11.4. The van der Waals surface area contributed by atoms with Crippen molar-refractivity contribution in [3.63, 3.8) is 0 Å². The smallest absolute Gasteiger partial charge is 0.322 e. The number of aromatic amines is 1. The molecule has 0 bridgehead atoms. The van der Waals surface area contributed by atoms with Crippen molar-refractivity contribution in [3.8, 4) is 0 Å². The number of hydrogen-bond donors (Lipinski definition) is 2. The number of fused-ring (bicyclic) bond motifs is 1. The number of carbonyl (C=O) groups excluding carboxylic acids is 1. The van der Waals surface area contributed by atoms with Crippen LogP contribution in [0.15, 0.2) is 18.3 Å². The number of nitrogens with zero attached hydrogens (tertiary/aromatic N) is 1. The molecule has 1 aromatic heterocycles. The molecule has 7 nitrogen and oxygen atoms in total. The van der Waals surface area contributed by atoms with Crippen LogP contribution in [0.4, 0.5) is 5.69 Å². The van der Waals surface area contributed by atoms with E-state index in [1.165, 1.54) is 13.2 Å². The number of halogens is 1. The van der Waals surface area contributed by atoms with E-state index in [9.17, 15) is 14.9 Å². The molecule has 0 saturated carbocycles. The Morgan fingerprint density at radius 1 is 1.52 bits per heavy atom. The molecule has 0 spiro atoms. The molecule has 1 heterocycles. The number of H-pyrrole nitrogens is 1. The minimum atomic E-state index is -0.794. The number of ether oxygens (including phenoxy) is 1. The van der Waals surface area contributed by atoms with Crippen molar-refractivity contribution < 1.29 is 14.5 Å². The highest BCUT2D eigenvalue weighted by Gasteiger charge is 2.20. The number of esters is 1. The largest absolute Gasteiger partial charge is 0.468 e. The summed E-state index contributed by atoms with van der Waals surface area (Å²) < 4.78 is 4.58. The van der Waals surface area contributed by atoms with Crippen LogP contribution in [0, 0.1) is 17.0 Å². The zero-order valence-electron chi connectivity index (χ0n) is 11.6. The van der Waals surface area contributed by atoms with E-state index in [2.05, 4.69) is 9.72 Å². The monoisotopic (exact) mass is 313 g/mol. The van der Waals surface area contributed by atoms with Crippen molar-refractivity contribution in [1.29, 1.82) is 0 Å². The summed E-state index contributed by atoms with van der Waals surface area (Å²) in [6.45, 7) is 1.68. The van der Waals surface area contributed by atoms with Crippen LogP contribution < -0.4 is 5.73 Å². The normalized spacial score (nSPS) is 11.8. The van der Waals surface area contributed by atoms with Crippen LogP contribution in [0.25, 0.3) is 10.9 Å². The van der Waals surface area contributed by atoms with Crippen LogP contribution in [0.5, 0.6) is 0 Å². The van der Waals surface area contributed by atoms with Gasteiger partial charge in [0.05, 0.1) is 12.0 Å². The minimum absolute atomic E-state index is 0. The van der Waals surface area contributed by atoms with E-state index in [1.807, 2.05) is 0 Å². The molecule has 0 aliphatic carbocycles. The standard InChI is InChI=1S/C13H15N3O4.ClH/c1-7-11(16(18)19)4-3-10-12(7)8(6-15-10)5-9(14)13(17)20-2;/h3-4,6,9,15H,5,14H2,1-2H3;1H. The predicted molar refractivity (Wildman–Crippen MR) is 80.6 cm³/mol. The first-order valence-corrected chi connectivity index (χ1v) is 6.03. The Bertz CT molecular complexity index is 683. The Kier molecular flexibility index (Phi) is 5.28. The van der Waals surface area contributed by atoms with Crippen LogP contribution in [0.1, 0.15) is 11.1 Å². The SMILES string of the molecule is COC(=O)C(N)Cc1c[nH]c2ccc([N+](=O)[O-])c(C)c12.Cl. The number of benzene rings is 1. The number of nitro benzene ring substituents is 1. The number of methoxy groups -OCH3 is 1. The Balaban J connectivity index is 0.00000220. The van der Waals surface area contributed by atoms with Crippen LogP contribution in [-0.4, -0.2) is 29.0 Å². The summed E-state index contributed by atoms with van der Waals surface area (Å²) in [5, 5.41) is 11.7. The number of nitro groups is 1. The third-order valence-corrected chi connectivity index (χ3v) is 3.30. The summed E-state index contributed by atoms with van der Waals surface area (Å²) in [6, 6.07) is 2.31. The van der Waals surface area contributed by atoms with Gasteiger partial charge in [-0.05, 0) is 18.6 Å². The lowest BCUT2D eigenvalue weighted by Crippen LogP contribution is -2.33. The third-order valence-electron chi connectivity index (χ3n) is 3.30. The van der Waals surface area contributed by atoms with Crippen LogP contribution in [-0.2, 0) is 16.0 Å². The van der Waals surface area contributed by atoms with Crippen LogP contribution in [0.3, 0.4) is 0 Å². The third kappa shape index (κ3) is 3.14. The van der Waals surface area contributed by atoms with Gasteiger partial charge in [0.2, 0.25) is 0 Å². The second-order valence-electron chi connectivity index (χ2n) is 4.54. The van der Waals surface area contributed by atoms with Gasteiger partial charge in [0.1, 0.15) is 6.04 Å². The number of carbonyl (C=O) groups is 1. The highest BCUT2D eigenvalue weighted by molar-refractivity contribution is 5.90. The number of nitrogens with one attached hydrogen (secondary N) is 1. The molecule has 0 fully saturated rings. The molecule has 21 heavy (non-hydrogen) atoms. The molecule has 1 atom stereocenters. The van der Waals surface area contributed by atoms with Crippen molar-refractivity contribution in [2.24, 2.45) is 5.73 Å². The topological polar surface area (TPSA) is 111 Å². The van der Waals surface area contributed by atoms with Crippen molar-refractivity contribution in [2.75, 3.05) is 7.11 Å². The van der Waals surface area contributed by atoms with Crippen LogP contribution in [0.2, 0.25) is 0 Å². The fourth-order valence-electron chi connectivity index (χ4n) is 2.30. The van der Waals surface area contributed by atoms with E-state index in [4.69, 9.17) is 5.73 Å². The summed E-state index contributed by atoms with van der Waals surface area (Å²) >= 11 is 0. The average Bonchev–Trinajstić information content (AvgIpc) is 2.81. The molecular weight excluding hydrogens is 298 g/mol. The second-order valence-corrected chi connectivity index (χ2v) is 4.54. The predicted octanol–water partition coefficient (Wildman–Crippen LogP) is 1.85. The van der Waals surface area contributed by atoms with Gasteiger partial charge in [-0.15, -0.1) is 12.4 Å². The Morgan fingerprint density at radius 3 is 2.76 bits per heavy atom. The van der Waals surface area contributed by atoms with Gasteiger partial charge in [0.15, 0.2) is 0 Å². The molecular formula is C13H16ClN3O4. The fraction of sp³-hybridized carbons (Fsp3) is 0.308. The molecule has 1 aromatic carbocycles. The fourth-order valence-corrected chi connectivity index (χ4v) is 2.30. The second kappa shape index (κ2) is 6.55. The van der Waals surface area contributed by atoms with E-state index in [-0.39, 0.29) is 24.5 Å². The van der Waals surface area contributed by atoms with Crippen molar-refractivity contribution in [3.05, 3.63) is 39.6 Å². The molecule has 2 rings (SSSR count).